The van der Waals surface area contributed by atoms with Crippen molar-refractivity contribution in [2.75, 3.05) is 12.3 Å². The monoisotopic (exact) mass is 402 g/mol. The van der Waals surface area contributed by atoms with Crippen LogP contribution in [0.4, 0.5) is 5.95 Å². The summed E-state index contributed by atoms with van der Waals surface area (Å²) in [5.41, 5.74) is 15.0. The van der Waals surface area contributed by atoms with Crippen molar-refractivity contribution in [3.63, 3.8) is 0 Å². The van der Waals surface area contributed by atoms with E-state index in [2.05, 4.69) is 39.7 Å². The van der Waals surface area contributed by atoms with E-state index in [1.54, 1.807) is 0 Å². The molecule has 1 atom stereocenters. The highest BCUT2D eigenvalue weighted by atomic mass is 16.7. The zero-order valence-corrected chi connectivity index (χ0v) is 16.5. The third-order valence-corrected chi connectivity index (χ3v) is 5.06. The predicted molar refractivity (Wildman–Crippen MR) is 114 cm³/mol. The summed E-state index contributed by atoms with van der Waals surface area (Å²) in [6.07, 6.45) is 2.69. The quantitative estimate of drug-likeness (QED) is 0.543. The van der Waals surface area contributed by atoms with Gasteiger partial charge in [-0.3, -0.25) is 10.3 Å². The minimum Gasteiger partial charge on any atom is -0.479 e. The summed E-state index contributed by atoms with van der Waals surface area (Å²) < 4.78 is 0. The lowest BCUT2D eigenvalue weighted by atomic mass is 9.82. The maximum Gasteiger partial charge on any atom is 0.332 e. The fourth-order valence-corrected chi connectivity index (χ4v) is 3.87. The summed E-state index contributed by atoms with van der Waals surface area (Å²) in [6, 6.07) is 18.4. The first-order valence-electron chi connectivity index (χ1n) is 9.62. The molecule has 7 nitrogen and oxygen atoms in total. The van der Waals surface area contributed by atoms with Crippen LogP contribution in [0.25, 0.3) is 16.8 Å². The molecule has 0 saturated carbocycles. The molecule has 0 spiro atoms. The average molecular weight is 402 g/mol. The van der Waals surface area contributed by atoms with Crippen LogP contribution in [0.1, 0.15) is 28.4 Å². The standard InChI is InChI=1S/C23H22N4O3/c1-14-22-19(26-23(24)25-14)11-16(12-20(22)27-30-13-21(28)29)18-10-6-5-9-17(18)15-7-3-2-4-8-15/h2-10,12,16,27H,11,13H2,1H3,(H,28,29)(H2,24,25,26). The number of carbonyl (C=O) groups is 1. The van der Waals surface area contributed by atoms with Crippen molar-refractivity contribution in [1.29, 1.82) is 0 Å². The summed E-state index contributed by atoms with van der Waals surface area (Å²) in [5, 5.41) is 8.90. The van der Waals surface area contributed by atoms with E-state index in [1.165, 1.54) is 0 Å². The maximum absolute atomic E-state index is 10.9. The number of benzene rings is 2. The lowest BCUT2D eigenvalue weighted by Gasteiger charge is -2.26. The van der Waals surface area contributed by atoms with Crippen LogP contribution in [0.3, 0.4) is 0 Å². The molecule has 3 aromatic rings. The first-order chi connectivity index (χ1) is 14.5. The third kappa shape index (κ3) is 4.01. The number of nitrogens with one attached hydrogen (secondary N) is 1. The van der Waals surface area contributed by atoms with Gasteiger partial charge in [-0.1, -0.05) is 60.7 Å². The Bertz CT molecular complexity index is 1110. The number of rotatable bonds is 6. The molecule has 0 amide bonds. The lowest BCUT2D eigenvalue weighted by molar-refractivity contribution is -0.143. The topological polar surface area (TPSA) is 110 Å². The van der Waals surface area contributed by atoms with E-state index in [1.807, 2.05) is 43.3 Å². The van der Waals surface area contributed by atoms with Gasteiger partial charge in [0.05, 0.1) is 17.1 Å². The average Bonchev–Trinajstić information content (AvgIpc) is 2.73. The van der Waals surface area contributed by atoms with Crippen molar-refractivity contribution < 1.29 is 14.7 Å². The molecule has 1 unspecified atom stereocenters. The second-order valence-electron chi connectivity index (χ2n) is 7.12. The maximum atomic E-state index is 10.9. The summed E-state index contributed by atoms with van der Waals surface area (Å²) in [4.78, 5) is 24.7. The molecule has 1 heterocycles. The van der Waals surface area contributed by atoms with Crippen LogP contribution in [0.2, 0.25) is 0 Å². The number of hydrogen-bond donors (Lipinski definition) is 3. The Balaban J connectivity index is 1.77. The Kier molecular flexibility index (Phi) is 5.45. The molecule has 2 aromatic carbocycles. The Morgan fingerprint density at radius 3 is 2.67 bits per heavy atom. The Morgan fingerprint density at radius 2 is 1.90 bits per heavy atom. The molecule has 4 N–H and O–H groups in total. The normalized spacial score (nSPS) is 15.2. The first-order valence-corrected chi connectivity index (χ1v) is 9.62. The number of aromatic nitrogens is 2. The zero-order valence-electron chi connectivity index (χ0n) is 16.5. The van der Waals surface area contributed by atoms with Crippen molar-refractivity contribution in [2.24, 2.45) is 0 Å². The molecule has 0 bridgehead atoms. The van der Waals surface area contributed by atoms with Crippen LogP contribution in [0, 0.1) is 6.92 Å². The summed E-state index contributed by atoms with van der Waals surface area (Å²) >= 11 is 0. The molecule has 0 saturated heterocycles. The van der Waals surface area contributed by atoms with E-state index in [-0.39, 0.29) is 11.9 Å². The van der Waals surface area contributed by atoms with Crippen LogP contribution in [0.5, 0.6) is 0 Å². The molecule has 152 valence electrons. The number of allylic oxidation sites excluding steroid dienone is 1. The molecule has 7 heteroatoms. The number of aliphatic carboxylic acids is 1. The number of fused-ring (bicyclic) bond motifs is 1. The van der Waals surface area contributed by atoms with E-state index in [0.717, 1.165) is 27.9 Å². The van der Waals surface area contributed by atoms with Crippen LogP contribution in [-0.4, -0.2) is 27.7 Å². The zero-order chi connectivity index (χ0) is 21.1. The van der Waals surface area contributed by atoms with Gasteiger partial charge in [-0.15, -0.1) is 0 Å². The lowest BCUT2D eigenvalue weighted by Crippen LogP contribution is -2.24. The molecule has 30 heavy (non-hydrogen) atoms. The number of carboxylic acid groups (broad SMARTS) is 1. The van der Waals surface area contributed by atoms with Gasteiger partial charge >= 0.3 is 5.97 Å². The second-order valence-corrected chi connectivity index (χ2v) is 7.12. The highest BCUT2D eigenvalue weighted by Gasteiger charge is 2.26. The van der Waals surface area contributed by atoms with Gasteiger partial charge in [0.2, 0.25) is 5.95 Å². The second kappa shape index (κ2) is 8.34. The highest BCUT2D eigenvalue weighted by Crippen LogP contribution is 2.38. The fraction of sp³-hybridized carbons (Fsp3) is 0.174. The van der Waals surface area contributed by atoms with E-state index in [0.29, 0.717) is 17.8 Å². The van der Waals surface area contributed by atoms with Gasteiger partial charge in [-0.2, -0.15) is 0 Å². The van der Waals surface area contributed by atoms with Crippen molar-refractivity contribution in [3.8, 4) is 11.1 Å². The van der Waals surface area contributed by atoms with Crippen molar-refractivity contribution in [1.82, 2.24) is 15.4 Å². The molecule has 0 radical (unpaired) electrons. The Morgan fingerprint density at radius 1 is 1.17 bits per heavy atom. The van der Waals surface area contributed by atoms with Crippen molar-refractivity contribution in [2.45, 2.75) is 19.3 Å². The number of nitrogen functional groups attached to an aromatic ring is 1. The molecular weight excluding hydrogens is 380 g/mol. The Labute approximate surface area is 174 Å². The number of hydrogen-bond acceptors (Lipinski definition) is 6. The van der Waals surface area contributed by atoms with E-state index < -0.39 is 12.6 Å². The number of hydroxylamine groups is 1. The van der Waals surface area contributed by atoms with Gasteiger partial charge in [0.15, 0.2) is 6.61 Å². The SMILES string of the molecule is Cc1nc(N)nc2c1C(NOCC(=O)O)=CC(c1ccccc1-c1ccccc1)C2. The van der Waals surface area contributed by atoms with Crippen LogP contribution >= 0.6 is 0 Å². The van der Waals surface area contributed by atoms with Crippen molar-refractivity contribution in [3.05, 3.63) is 83.2 Å². The van der Waals surface area contributed by atoms with Gasteiger partial charge in [0.25, 0.3) is 0 Å². The minimum atomic E-state index is -1.06. The van der Waals surface area contributed by atoms with E-state index >= 15 is 0 Å². The van der Waals surface area contributed by atoms with E-state index in [9.17, 15) is 4.79 Å². The molecule has 0 fully saturated rings. The molecule has 4 rings (SSSR count). The van der Waals surface area contributed by atoms with E-state index in [4.69, 9.17) is 15.7 Å². The third-order valence-electron chi connectivity index (χ3n) is 5.06. The minimum absolute atomic E-state index is 0.00136. The highest BCUT2D eigenvalue weighted by molar-refractivity contribution is 5.74. The van der Waals surface area contributed by atoms with Crippen LogP contribution in [0.15, 0.2) is 60.7 Å². The van der Waals surface area contributed by atoms with Gasteiger partial charge in [-0.05, 0) is 23.6 Å². The smallest absolute Gasteiger partial charge is 0.332 e. The van der Waals surface area contributed by atoms with Crippen molar-refractivity contribution >= 4 is 17.6 Å². The number of nitrogens with zero attached hydrogens (tertiary/aromatic N) is 2. The van der Waals surface area contributed by atoms with Crippen LogP contribution in [-0.2, 0) is 16.1 Å². The summed E-state index contributed by atoms with van der Waals surface area (Å²) in [5.74, 6) is -0.844. The molecule has 1 aromatic heterocycles. The summed E-state index contributed by atoms with van der Waals surface area (Å²) in [6.45, 7) is 1.38. The van der Waals surface area contributed by atoms with Gasteiger partial charge in [0, 0.05) is 17.9 Å². The molecule has 1 aliphatic rings. The van der Waals surface area contributed by atoms with Gasteiger partial charge in [-0.25, -0.2) is 14.8 Å². The predicted octanol–water partition coefficient (Wildman–Crippen LogP) is 3.32. The first kappa shape index (κ1) is 19.6. The Hall–Kier alpha value is -3.71. The number of carboxylic acids is 1. The number of anilines is 1. The van der Waals surface area contributed by atoms with Crippen LogP contribution < -0.4 is 11.2 Å². The fourth-order valence-electron chi connectivity index (χ4n) is 3.87. The number of nitrogens with two attached hydrogens (primary N) is 1. The molecule has 1 aliphatic carbocycles. The molecule has 0 aliphatic heterocycles. The van der Waals surface area contributed by atoms with Gasteiger partial charge in [0.1, 0.15) is 0 Å². The molecular formula is C23H22N4O3. The number of aryl methyl sites for hydroxylation is 1. The van der Waals surface area contributed by atoms with Gasteiger partial charge < -0.3 is 10.8 Å². The largest absolute Gasteiger partial charge is 0.479 e. The summed E-state index contributed by atoms with van der Waals surface area (Å²) in [7, 11) is 0.